The number of thiocarbonyl (C=S) groups is 1. The monoisotopic (exact) mass is 462 g/mol. The van der Waals surface area contributed by atoms with Crippen LogP contribution in [-0.2, 0) is 22.7 Å². The maximum absolute atomic E-state index is 12.7. The first kappa shape index (κ1) is 22.0. The van der Waals surface area contributed by atoms with E-state index in [1.165, 1.54) is 11.8 Å². The summed E-state index contributed by atoms with van der Waals surface area (Å²) in [6.07, 6.45) is 0.101. The van der Waals surface area contributed by atoms with Crippen LogP contribution in [0, 0.1) is 0 Å². The third-order valence-electron chi connectivity index (χ3n) is 4.95. The molecule has 0 aromatic heterocycles. The van der Waals surface area contributed by atoms with Gasteiger partial charge in [0, 0.05) is 13.0 Å². The number of amides is 2. The lowest BCUT2D eigenvalue weighted by molar-refractivity contribution is -0.129. The van der Waals surface area contributed by atoms with E-state index < -0.39 is 5.25 Å². The van der Waals surface area contributed by atoms with E-state index in [1.807, 2.05) is 84.9 Å². The predicted molar refractivity (Wildman–Crippen MR) is 130 cm³/mol. The van der Waals surface area contributed by atoms with Crippen molar-refractivity contribution >= 4 is 40.1 Å². The van der Waals surface area contributed by atoms with Crippen LogP contribution in [0.25, 0.3) is 0 Å². The normalized spacial score (nSPS) is 15.6. The minimum absolute atomic E-state index is 0.101. The molecule has 0 radical (unpaired) electrons. The third kappa shape index (κ3) is 5.75. The summed E-state index contributed by atoms with van der Waals surface area (Å²) < 4.78 is 6.30. The second-order valence-electron chi connectivity index (χ2n) is 7.32. The Kier molecular flexibility index (Phi) is 7.19. The number of carbonyl (C=O) groups excluding carboxylic acids is 2. The van der Waals surface area contributed by atoms with E-state index in [-0.39, 0.29) is 18.2 Å². The Hall–Kier alpha value is -3.16. The Labute approximate surface area is 196 Å². The van der Waals surface area contributed by atoms with Crippen LogP contribution < -0.4 is 10.1 Å². The Morgan fingerprint density at radius 2 is 1.53 bits per heavy atom. The number of para-hydroxylation sites is 1. The van der Waals surface area contributed by atoms with Crippen LogP contribution in [0.1, 0.15) is 17.5 Å². The highest BCUT2D eigenvalue weighted by Crippen LogP contribution is 2.31. The summed E-state index contributed by atoms with van der Waals surface area (Å²) in [5.74, 6) is 1.21. The van der Waals surface area contributed by atoms with E-state index in [4.69, 9.17) is 17.0 Å². The van der Waals surface area contributed by atoms with Crippen molar-refractivity contribution in [3.05, 3.63) is 96.1 Å². The average Bonchev–Trinajstić information content (AvgIpc) is 3.07. The highest BCUT2D eigenvalue weighted by Gasteiger charge is 2.37. The number of hydrogen-bond donors (Lipinski definition) is 1. The first-order valence-corrected chi connectivity index (χ1v) is 11.5. The molecule has 5 nitrogen and oxygen atoms in total. The molecule has 1 N–H and O–H groups in total. The van der Waals surface area contributed by atoms with E-state index in [2.05, 4.69) is 5.32 Å². The van der Waals surface area contributed by atoms with Gasteiger partial charge in [-0.15, -0.1) is 0 Å². The van der Waals surface area contributed by atoms with E-state index >= 15 is 0 Å². The number of hydrogen-bond acceptors (Lipinski definition) is 5. The molecule has 3 aromatic rings. The third-order valence-corrected chi connectivity index (χ3v) is 6.54. The fraction of sp³-hybridized carbons (Fsp3) is 0.160. The van der Waals surface area contributed by atoms with Crippen LogP contribution in [-0.4, -0.2) is 26.3 Å². The molecule has 1 fully saturated rings. The van der Waals surface area contributed by atoms with Gasteiger partial charge in [-0.05, 0) is 35.4 Å². The topological polar surface area (TPSA) is 58.6 Å². The largest absolute Gasteiger partial charge is 0.457 e. The SMILES string of the molecule is O=C(CC1SC(=S)N(Cc2ccccc2)C1=O)NCc1ccc(Oc2ccccc2)cc1. The molecule has 3 aromatic carbocycles. The zero-order valence-corrected chi connectivity index (χ0v) is 18.9. The van der Waals surface area contributed by atoms with Crippen LogP contribution in [0.5, 0.6) is 11.5 Å². The number of nitrogens with zero attached hydrogens (tertiary/aromatic N) is 1. The van der Waals surface area contributed by atoms with Crippen molar-refractivity contribution < 1.29 is 14.3 Å². The summed E-state index contributed by atoms with van der Waals surface area (Å²) in [5, 5.41) is 2.41. The van der Waals surface area contributed by atoms with Gasteiger partial charge in [0.25, 0.3) is 0 Å². The summed E-state index contributed by atoms with van der Waals surface area (Å²) in [5.41, 5.74) is 1.96. The number of benzene rings is 3. The molecule has 0 saturated carbocycles. The van der Waals surface area contributed by atoms with Crippen LogP contribution in [0.3, 0.4) is 0 Å². The molecular formula is C25H22N2O3S2. The van der Waals surface area contributed by atoms with E-state index in [0.717, 1.165) is 22.6 Å². The minimum Gasteiger partial charge on any atom is -0.457 e. The molecule has 1 atom stereocenters. The Bertz CT molecular complexity index is 1090. The molecule has 2 amide bonds. The van der Waals surface area contributed by atoms with Crippen molar-refractivity contribution in [1.82, 2.24) is 10.2 Å². The molecule has 1 saturated heterocycles. The van der Waals surface area contributed by atoms with E-state index in [9.17, 15) is 9.59 Å². The van der Waals surface area contributed by atoms with Crippen LogP contribution >= 0.6 is 24.0 Å². The van der Waals surface area contributed by atoms with Gasteiger partial charge in [0.1, 0.15) is 15.8 Å². The van der Waals surface area contributed by atoms with E-state index in [1.54, 1.807) is 4.90 Å². The quantitative estimate of drug-likeness (QED) is 0.482. The maximum atomic E-state index is 12.7. The Morgan fingerprint density at radius 3 is 2.22 bits per heavy atom. The van der Waals surface area contributed by atoms with Crippen LogP contribution in [0.2, 0.25) is 0 Å². The molecule has 1 unspecified atom stereocenters. The number of thioether (sulfide) groups is 1. The summed E-state index contributed by atoms with van der Waals surface area (Å²) >= 11 is 6.66. The molecule has 4 rings (SSSR count). The molecule has 1 heterocycles. The van der Waals surface area contributed by atoms with Gasteiger partial charge in [0.05, 0.1) is 11.8 Å². The average molecular weight is 463 g/mol. The van der Waals surface area contributed by atoms with Gasteiger partial charge in [-0.3, -0.25) is 14.5 Å². The molecule has 7 heteroatoms. The van der Waals surface area contributed by atoms with Crippen molar-refractivity contribution in [3.8, 4) is 11.5 Å². The summed E-state index contributed by atoms with van der Waals surface area (Å²) in [6, 6.07) is 26.8. The fourth-order valence-corrected chi connectivity index (χ4v) is 4.77. The van der Waals surface area contributed by atoms with Gasteiger partial charge in [0.15, 0.2) is 0 Å². The summed E-state index contributed by atoms with van der Waals surface area (Å²) in [4.78, 5) is 26.8. The predicted octanol–water partition coefficient (Wildman–Crippen LogP) is 4.91. The van der Waals surface area contributed by atoms with Gasteiger partial charge in [-0.1, -0.05) is 84.6 Å². The smallest absolute Gasteiger partial charge is 0.242 e. The molecule has 1 aliphatic rings. The highest BCUT2D eigenvalue weighted by molar-refractivity contribution is 8.24. The second-order valence-corrected chi connectivity index (χ2v) is 9.16. The van der Waals surface area contributed by atoms with Crippen molar-refractivity contribution in [2.45, 2.75) is 24.8 Å². The number of carbonyl (C=O) groups is 2. The van der Waals surface area contributed by atoms with E-state index in [0.29, 0.717) is 17.4 Å². The lowest BCUT2D eigenvalue weighted by Gasteiger charge is -2.15. The van der Waals surface area contributed by atoms with Crippen molar-refractivity contribution in [3.63, 3.8) is 0 Å². The lowest BCUT2D eigenvalue weighted by Crippen LogP contribution is -2.33. The first-order valence-electron chi connectivity index (χ1n) is 10.2. The van der Waals surface area contributed by atoms with Gasteiger partial charge >= 0.3 is 0 Å². The van der Waals surface area contributed by atoms with Gasteiger partial charge in [-0.2, -0.15) is 0 Å². The maximum Gasteiger partial charge on any atom is 0.242 e. The van der Waals surface area contributed by atoms with Gasteiger partial charge < -0.3 is 10.1 Å². The van der Waals surface area contributed by atoms with Crippen molar-refractivity contribution in [1.29, 1.82) is 0 Å². The molecule has 0 aliphatic carbocycles. The minimum atomic E-state index is -0.479. The van der Waals surface area contributed by atoms with Crippen LogP contribution in [0.15, 0.2) is 84.9 Å². The molecular weight excluding hydrogens is 440 g/mol. The Morgan fingerprint density at radius 1 is 0.906 bits per heavy atom. The first-order chi connectivity index (χ1) is 15.6. The van der Waals surface area contributed by atoms with Crippen molar-refractivity contribution in [2.75, 3.05) is 0 Å². The van der Waals surface area contributed by atoms with Gasteiger partial charge in [-0.25, -0.2) is 0 Å². The molecule has 162 valence electrons. The highest BCUT2D eigenvalue weighted by atomic mass is 32.2. The van der Waals surface area contributed by atoms with Crippen molar-refractivity contribution in [2.24, 2.45) is 0 Å². The standard InChI is InChI=1S/C25H22N2O3S2/c28-23(15-22-24(29)27(25(31)32-22)17-19-7-3-1-4-8-19)26-16-18-11-13-21(14-12-18)30-20-9-5-2-6-10-20/h1-14,22H,15-17H2,(H,26,28). The zero-order valence-electron chi connectivity index (χ0n) is 17.3. The number of nitrogens with one attached hydrogen (secondary N) is 1. The van der Waals surface area contributed by atoms with Gasteiger partial charge in [0.2, 0.25) is 11.8 Å². The lowest BCUT2D eigenvalue weighted by atomic mass is 10.2. The molecule has 32 heavy (non-hydrogen) atoms. The summed E-state index contributed by atoms with van der Waals surface area (Å²) in [7, 11) is 0. The van der Waals surface area contributed by atoms with Crippen LogP contribution in [0.4, 0.5) is 0 Å². The Balaban J connectivity index is 1.26. The summed E-state index contributed by atoms with van der Waals surface area (Å²) in [6.45, 7) is 0.815. The molecule has 0 spiro atoms. The second kappa shape index (κ2) is 10.4. The number of rotatable bonds is 8. The number of ether oxygens (including phenoxy) is 1. The molecule has 0 bridgehead atoms. The molecule has 1 aliphatic heterocycles. The fourth-order valence-electron chi connectivity index (χ4n) is 3.28. The zero-order chi connectivity index (χ0) is 22.3.